The summed E-state index contributed by atoms with van der Waals surface area (Å²) in [5.41, 5.74) is -3.36. The number of hydrogen-bond donors (Lipinski definition) is 3. The number of aliphatic hydroxyl groups excluding tert-OH is 1. The molecule has 0 amide bonds. The van der Waals surface area contributed by atoms with Crippen LogP contribution in [0.4, 0.5) is 0 Å². The Bertz CT molecular complexity index is 1400. The van der Waals surface area contributed by atoms with Gasteiger partial charge in [0.15, 0.2) is 0 Å². The van der Waals surface area contributed by atoms with E-state index >= 15 is 0 Å². The van der Waals surface area contributed by atoms with E-state index in [1.807, 2.05) is 37.3 Å². The van der Waals surface area contributed by atoms with E-state index in [9.17, 15) is 24.9 Å². The highest BCUT2D eigenvalue weighted by Crippen LogP contribution is 2.71. The van der Waals surface area contributed by atoms with Gasteiger partial charge in [-0.2, -0.15) is 0 Å². The van der Waals surface area contributed by atoms with Crippen LogP contribution in [0.5, 0.6) is 0 Å². The molecule has 0 bridgehead atoms. The fourth-order valence-corrected chi connectivity index (χ4v) is 9.76. The molecule has 4 saturated carbocycles. The first-order chi connectivity index (χ1) is 20.9. The molecule has 1 aromatic carbocycles. The quantitative estimate of drug-likeness (QED) is 0.307. The minimum Gasteiger partial charge on any atom is -0.458 e. The molecular weight excluding hydrogens is 558 g/mol. The molecule has 0 spiro atoms. The van der Waals surface area contributed by atoms with Crippen molar-refractivity contribution < 1.29 is 34.4 Å². The number of esters is 2. The molecule has 0 radical (unpaired) electrons. The van der Waals surface area contributed by atoms with Crippen molar-refractivity contribution in [2.45, 2.75) is 102 Å². The van der Waals surface area contributed by atoms with E-state index in [0.29, 0.717) is 25.2 Å². The number of carbonyl (C=O) groups excluding carboxylic acids is 2. The van der Waals surface area contributed by atoms with Crippen LogP contribution >= 0.6 is 0 Å². The second kappa shape index (κ2) is 11.4. The molecule has 44 heavy (non-hydrogen) atoms. The maximum atomic E-state index is 13.4. The van der Waals surface area contributed by atoms with Crippen molar-refractivity contribution in [1.29, 1.82) is 0 Å². The van der Waals surface area contributed by atoms with Crippen LogP contribution in [0, 0.1) is 28.6 Å². The average molecular weight is 604 g/mol. The number of nitrogens with zero attached hydrogens (tertiary/aromatic N) is 1. The molecule has 236 valence electrons. The molecule has 6 rings (SSSR count). The zero-order chi connectivity index (χ0) is 31.3. The van der Waals surface area contributed by atoms with E-state index in [-0.39, 0.29) is 35.3 Å². The predicted octanol–water partition coefficient (Wildman–Crippen LogP) is 5.11. The smallest absolute Gasteiger partial charge is 0.340 e. The first-order valence-corrected chi connectivity index (χ1v) is 16.1. The van der Waals surface area contributed by atoms with E-state index in [4.69, 9.17) is 9.47 Å². The number of pyridine rings is 1. The number of aliphatic hydroxyl groups is 3. The molecule has 3 N–H and O–H groups in total. The minimum atomic E-state index is -1.67. The maximum absolute atomic E-state index is 13.4. The molecule has 0 saturated heterocycles. The first-order valence-electron chi connectivity index (χ1n) is 16.1. The van der Waals surface area contributed by atoms with Crippen molar-refractivity contribution in [3.8, 4) is 0 Å². The van der Waals surface area contributed by atoms with Gasteiger partial charge in [0.2, 0.25) is 0 Å². The molecule has 8 heteroatoms. The van der Waals surface area contributed by atoms with Gasteiger partial charge >= 0.3 is 11.9 Å². The highest BCUT2D eigenvalue weighted by Gasteiger charge is 2.77. The lowest BCUT2D eigenvalue weighted by atomic mass is 9.42. The summed E-state index contributed by atoms with van der Waals surface area (Å²) in [6.45, 7) is 5.76. The van der Waals surface area contributed by atoms with E-state index < -0.39 is 40.8 Å². The molecular formula is C36H45NO7. The summed E-state index contributed by atoms with van der Waals surface area (Å²) in [5, 5.41) is 36.0. The van der Waals surface area contributed by atoms with Crippen molar-refractivity contribution in [1.82, 2.24) is 4.98 Å². The van der Waals surface area contributed by atoms with E-state index in [1.165, 1.54) is 12.3 Å². The molecule has 4 fully saturated rings. The van der Waals surface area contributed by atoms with Gasteiger partial charge in [-0.3, -0.25) is 4.98 Å². The van der Waals surface area contributed by atoms with Gasteiger partial charge in [0.05, 0.1) is 22.7 Å². The number of hydrogen-bond acceptors (Lipinski definition) is 8. The standard InChI is InChI=1S/C36H45NO7/c1-23(43-32(40)25-10-7-19-37-22-25)35(41)17-18-36(42)28-13-12-26-20-27(38)15-16-33(26,2)29(28)21-30(34(35,36)3)44-31(39)14-11-24-8-5-4-6-9-24/h4-11,14,19,22-23,26-30,38,41-42H,12-13,15-18,20-21H2,1-3H3. The van der Waals surface area contributed by atoms with Crippen LogP contribution in [-0.2, 0) is 14.3 Å². The van der Waals surface area contributed by atoms with Crippen LogP contribution in [0.2, 0.25) is 0 Å². The van der Waals surface area contributed by atoms with Gasteiger partial charge < -0.3 is 24.8 Å². The van der Waals surface area contributed by atoms with Crippen LogP contribution < -0.4 is 0 Å². The lowest BCUT2D eigenvalue weighted by Gasteiger charge is -2.66. The first kappa shape index (κ1) is 30.9. The summed E-state index contributed by atoms with van der Waals surface area (Å²) in [6, 6.07) is 12.7. The third-order valence-corrected chi connectivity index (χ3v) is 12.4. The lowest BCUT2D eigenvalue weighted by Crippen LogP contribution is -2.72. The Morgan fingerprint density at radius 2 is 1.75 bits per heavy atom. The zero-order valence-corrected chi connectivity index (χ0v) is 25.9. The highest BCUT2D eigenvalue weighted by molar-refractivity contribution is 5.89. The van der Waals surface area contributed by atoms with Gasteiger partial charge in [-0.05, 0) is 105 Å². The Morgan fingerprint density at radius 3 is 2.48 bits per heavy atom. The lowest BCUT2D eigenvalue weighted by molar-refractivity contribution is -0.288. The van der Waals surface area contributed by atoms with Gasteiger partial charge in [-0.25, -0.2) is 9.59 Å². The molecule has 4 aliphatic rings. The topological polar surface area (TPSA) is 126 Å². The van der Waals surface area contributed by atoms with Crippen molar-refractivity contribution in [3.05, 3.63) is 72.1 Å². The number of aromatic nitrogens is 1. The molecule has 8 nitrogen and oxygen atoms in total. The molecule has 1 heterocycles. The third kappa shape index (κ3) is 4.81. The molecule has 0 aliphatic heterocycles. The number of rotatable bonds is 6. The van der Waals surface area contributed by atoms with Crippen LogP contribution in [0.25, 0.3) is 6.08 Å². The van der Waals surface area contributed by atoms with Gasteiger partial charge in [0, 0.05) is 18.5 Å². The molecule has 10 atom stereocenters. The van der Waals surface area contributed by atoms with E-state index in [1.54, 1.807) is 31.3 Å². The molecule has 10 unspecified atom stereocenters. The van der Waals surface area contributed by atoms with Gasteiger partial charge in [-0.15, -0.1) is 0 Å². The normalized spacial score (nSPS) is 40.4. The monoisotopic (exact) mass is 603 g/mol. The van der Waals surface area contributed by atoms with E-state index in [0.717, 1.165) is 31.2 Å². The molecule has 2 aromatic rings. The largest absolute Gasteiger partial charge is 0.458 e. The Hall–Kier alpha value is -3.07. The van der Waals surface area contributed by atoms with Crippen molar-refractivity contribution in [3.63, 3.8) is 0 Å². The Labute approximate surface area is 259 Å². The number of fused-ring (bicyclic) bond motifs is 5. The Morgan fingerprint density at radius 1 is 0.977 bits per heavy atom. The summed E-state index contributed by atoms with van der Waals surface area (Å²) in [7, 11) is 0. The highest BCUT2D eigenvalue weighted by atomic mass is 16.6. The van der Waals surface area contributed by atoms with Gasteiger partial charge in [-0.1, -0.05) is 44.2 Å². The van der Waals surface area contributed by atoms with Crippen molar-refractivity contribution in [2.75, 3.05) is 0 Å². The second-order valence-electron chi connectivity index (χ2n) is 14.2. The van der Waals surface area contributed by atoms with Crippen molar-refractivity contribution >= 4 is 18.0 Å². The van der Waals surface area contributed by atoms with E-state index in [2.05, 4.69) is 11.9 Å². The number of ether oxygens (including phenoxy) is 2. The average Bonchev–Trinajstić information content (AvgIpc) is 3.25. The fourth-order valence-electron chi connectivity index (χ4n) is 9.76. The summed E-state index contributed by atoms with van der Waals surface area (Å²) in [4.78, 5) is 30.5. The summed E-state index contributed by atoms with van der Waals surface area (Å²) in [6.07, 6.45) is 8.84. The van der Waals surface area contributed by atoms with Crippen LogP contribution in [0.1, 0.15) is 88.1 Å². The third-order valence-electron chi connectivity index (χ3n) is 12.4. The van der Waals surface area contributed by atoms with Gasteiger partial charge in [0.1, 0.15) is 17.8 Å². The summed E-state index contributed by atoms with van der Waals surface area (Å²) < 4.78 is 12.2. The van der Waals surface area contributed by atoms with Crippen molar-refractivity contribution in [2.24, 2.45) is 28.6 Å². The van der Waals surface area contributed by atoms with Crippen LogP contribution in [0.15, 0.2) is 60.9 Å². The Balaban J connectivity index is 1.36. The fraction of sp³-hybridized carbons (Fsp3) is 0.583. The SMILES string of the molecule is CC(OC(=O)c1cccnc1)C1(O)CCC2(O)C3CCC4CC(O)CCC4(C)C3CC(OC(=O)C=Cc3ccccc3)C12C. The number of carbonyl (C=O) groups is 2. The predicted molar refractivity (Wildman–Crippen MR) is 164 cm³/mol. The molecule has 4 aliphatic carbocycles. The van der Waals surface area contributed by atoms with Crippen LogP contribution in [-0.4, -0.2) is 61.8 Å². The molecule has 1 aromatic heterocycles. The van der Waals surface area contributed by atoms with Gasteiger partial charge in [0.25, 0.3) is 0 Å². The minimum absolute atomic E-state index is 0.0401. The zero-order valence-electron chi connectivity index (χ0n) is 25.9. The summed E-state index contributed by atoms with van der Waals surface area (Å²) >= 11 is 0. The number of benzene rings is 1. The maximum Gasteiger partial charge on any atom is 0.340 e. The van der Waals surface area contributed by atoms with Crippen LogP contribution in [0.3, 0.4) is 0 Å². The Kier molecular flexibility index (Phi) is 8.00. The second-order valence-corrected chi connectivity index (χ2v) is 14.2. The summed E-state index contributed by atoms with van der Waals surface area (Å²) in [5.74, 6) is -0.937.